The third-order valence-corrected chi connectivity index (χ3v) is 1.28. The fourth-order valence-corrected chi connectivity index (χ4v) is 0.845. The van der Waals surface area contributed by atoms with Gasteiger partial charge in [0.05, 0.1) is 7.11 Å². The fourth-order valence-electron chi connectivity index (χ4n) is 0.632. The minimum atomic E-state index is 0.662. The van der Waals surface area contributed by atoms with Gasteiger partial charge in [0.2, 0.25) is 0 Å². The van der Waals surface area contributed by atoms with Crippen molar-refractivity contribution < 1.29 is 9.78 Å². The van der Waals surface area contributed by atoms with Gasteiger partial charge in [-0.05, 0) is 18.2 Å². The fraction of sp³-hybridized carbons (Fsp3) is 0.143. The number of benzene rings is 1. The molecule has 0 aliphatic rings. The van der Waals surface area contributed by atoms with E-state index in [2.05, 4.69) is 17.5 Å². The molecule has 0 fully saturated rings. The molecule has 3 heteroatoms. The molecule has 0 aliphatic heterocycles. The van der Waals surface area contributed by atoms with E-state index in [9.17, 15) is 0 Å². The van der Waals surface area contributed by atoms with Crippen LogP contribution in [0.1, 0.15) is 0 Å². The summed E-state index contributed by atoms with van der Waals surface area (Å²) in [4.78, 5) is 10.0. The van der Waals surface area contributed by atoms with Crippen molar-refractivity contribution >= 4 is 12.6 Å². The topological polar surface area (TPSA) is 18.5 Å². The van der Waals surface area contributed by atoms with E-state index in [1.54, 1.807) is 12.1 Å². The second-order valence-corrected chi connectivity index (χ2v) is 2.26. The number of thiol groups is 1. The van der Waals surface area contributed by atoms with Crippen molar-refractivity contribution in [2.24, 2.45) is 0 Å². The molecule has 0 amide bonds. The molecular weight excluding hydrogens is 148 g/mol. The monoisotopic (exact) mass is 156 g/mol. The first-order valence-electron chi connectivity index (χ1n) is 2.82. The Morgan fingerprint density at radius 3 is 2.80 bits per heavy atom. The largest absolute Gasteiger partial charge is 0.338 e. The number of hydrogen-bond donors (Lipinski definition) is 1. The molecule has 2 nitrogen and oxygen atoms in total. The van der Waals surface area contributed by atoms with Gasteiger partial charge in [0, 0.05) is 4.90 Å². The van der Waals surface area contributed by atoms with Gasteiger partial charge >= 0.3 is 0 Å². The zero-order valence-corrected chi connectivity index (χ0v) is 6.47. The van der Waals surface area contributed by atoms with Gasteiger partial charge in [0.15, 0.2) is 5.75 Å². The van der Waals surface area contributed by atoms with Crippen LogP contribution in [0.5, 0.6) is 5.75 Å². The van der Waals surface area contributed by atoms with E-state index in [0.717, 1.165) is 4.90 Å². The van der Waals surface area contributed by atoms with E-state index in [1.807, 2.05) is 12.1 Å². The predicted octanol–water partition coefficient (Wildman–Crippen LogP) is 1.92. The molecule has 1 rings (SSSR count). The lowest BCUT2D eigenvalue weighted by Gasteiger charge is -1.99. The summed E-state index contributed by atoms with van der Waals surface area (Å²) < 4.78 is 0. The highest BCUT2D eigenvalue weighted by Gasteiger charge is 1.91. The molecule has 0 N–H and O–H groups in total. The second kappa shape index (κ2) is 3.49. The van der Waals surface area contributed by atoms with E-state index >= 15 is 0 Å². The van der Waals surface area contributed by atoms with Crippen molar-refractivity contribution in [3.05, 3.63) is 24.3 Å². The standard InChI is InChI=1S/C7H8O2S/c1-8-9-6-3-2-4-7(10)5-6/h2-5,10H,1H3. The highest BCUT2D eigenvalue weighted by atomic mass is 32.1. The average Bonchev–Trinajstić information content (AvgIpc) is 1.88. The lowest BCUT2D eigenvalue weighted by molar-refractivity contribution is -0.178. The third-order valence-electron chi connectivity index (χ3n) is 0.997. The molecule has 1 aromatic carbocycles. The van der Waals surface area contributed by atoms with Gasteiger partial charge in [-0.3, -0.25) is 0 Å². The lowest BCUT2D eigenvalue weighted by Crippen LogP contribution is -1.89. The molecule has 0 saturated carbocycles. The summed E-state index contributed by atoms with van der Waals surface area (Å²) in [7, 11) is 1.46. The quantitative estimate of drug-likeness (QED) is 0.400. The summed E-state index contributed by atoms with van der Waals surface area (Å²) in [6.45, 7) is 0. The smallest absolute Gasteiger partial charge is 0.166 e. The Balaban J connectivity index is 2.75. The molecule has 54 valence electrons. The molecule has 0 radical (unpaired) electrons. The van der Waals surface area contributed by atoms with E-state index in [-0.39, 0.29) is 0 Å². The average molecular weight is 156 g/mol. The summed E-state index contributed by atoms with van der Waals surface area (Å²) in [6.07, 6.45) is 0. The van der Waals surface area contributed by atoms with Crippen LogP contribution in [0.2, 0.25) is 0 Å². The van der Waals surface area contributed by atoms with Crippen LogP contribution < -0.4 is 4.89 Å². The van der Waals surface area contributed by atoms with E-state index in [4.69, 9.17) is 4.89 Å². The van der Waals surface area contributed by atoms with Crippen LogP contribution in [0, 0.1) is 0 Å². The zero-order valence-electron chi connectivity index (χ0n) is 5.57. The molecule has 1 aromatic rings. The van der Waals surface area contributed by atoms with Crippen molar-refractivity contribution in [2.75, 3.05) is 7.11 Å². The Kier molecular flexibility index (Phi) is 2.59. The minimum Gasteiger partial charge on any atom is -0.338 e. The first-order valence-corrected chi connectivity index (χ1v) is 3.27. The van der Waals surface area contributed by atoms with Gasteiger partial charge in [-0.2, -0.15) is 4.89 Å². The van der Waals surface area contributed by atoms with Crippen molar-refractivity contribution in [3.8, 4) is 5.75 Å². The summed E-state index contributed by atoms with van der Waals surface area (Å²) in [6, 6.07) is 7.28. The SMILES string of the molecule is COOc1cccc(S)c1. The van der Waals surface area contributed by atoms with Crippen LogP contribution in [-0.2, 0) is 4.89 Å². The molecular formula is C7H8O2S. The van der Waals surface area contributed by atoms with Gasteiger partial charge in [0.25, 0.3) is 0 Å². The van der Waals surface area contributed by atoms with Crippen molar-refractivity contribution in [2.45, 2.75) is 4.90 Å². The highest BCUT2D eigenvalue weighted by Crippen LogP contribution is 2.15. The molecule has 0 saturated heterocycles. The number of rotatable bonds is 2. The van der Waals surface area contributed by atoms with Gasteiger partial charge in [-0.15, -0.1) is 12.6 Å². The molecule has 0 aliphatic carbocycles. The highest BCUT2D eigenvalue weighted by molar-refractivity contribution is 7.80. The van der Waals surface area contributed by atoms with Gasteiger partial charge in [0.1, 0.15) is 0 Å². The Bertz CT molecular complexity index is 213. The Labute approximate surface area is 65.1 Å². The van der Waals surface area contributed by atoms with Crippen LogP contribution in [0.4, 0.5) is 0 Å². The predicted molar refractivity (Wildman–Crippen MR) is 41.3 cm³/mol. The van der Waals surface area contributed by atoms with E-state index < -0.39 is 0 Å². The second-order valence-electron chi connectivity index (χ2n) is 1.75. The van der Waals surface area contributed by atoms with Crippen molar-refractivity contribution in [1.82, 2.24) is 0 Å². The summed E-state index contributed by atoms with van der Waals surface area (Å²) >= 11 is 4.11. The summed E-state index contributed by atoms with van der Waals surface area (Å²) in [5.74, 6) is 0.662. The third kappa shape index (κ3) is 1.93. The molecule has 0 atom stereocenters. The number of hydrogen-bond acceptors (Lipinski definition) is 3. The molecule has 0 heterocycles. The zero-order chi connectivity index (χ0) is 7.40. The Morgan fingerprint density at radius 2 is 2.20 bits per heavy atom. The first kappa shape index (κ1) is 7.44. The van der Waals surface area contributed by atoms with Crippen LogP contribution in [0.3, 0.4) is 0 Å². The Morgan fingerprint density at radius 1 is 1.40 bits per heavy atom. The van der Waals surface area contributed by atoms with E-state index in [1.165, 1.54) is 7.11 Å². The summed E-state index contributed by atoms with van der Waals surface area (Å²) in [5.41, 5.74) is 0. The summed E-state index contributed by atoms with van der Waals surface area (Å²) in [5, 5.41) is 0. The molecule has 10 heavy (non-hydrogen) atoms. The van der Waals surface area contributed by atoms with E-state index in [0.29, 0.717) is 5.75 Å². The van der Waals surface area contributed by atoms with Crippen LogP contribution >= 0.6 is 12.6 Å². The van der Waals surface area contributed by atoms with Crippen LogP contribution in [0.15, 0.2) is 29.2 Å². The molecule has 0 bridgehead atoms. The van der Waals surface area contributed by atoms with Gasteiger partial charge in [-0.1, -0.05) is 6.07 Å². The molecule has 0 unspecified atom stereocenters. The van der Waals surface area contributed by atoms with Crippen LogP contribution in [0.25, 0.3) is 0 Å². The van der Waals surface area contributed by atoms with Crippen LogP contribution in [-0.4, -0.2) is 7.11 Å². The Hall–Kier alpha value is -0.670. The van der Waals surface area contributed by atoms with Crippen molar-refractivity contribution in [1.29, 1.82) is 0 Å². The maximum atomic E-state index is 4.74. The first-order chi connectivity index (χ1) is 4.83. The maximum Gasteiger partial charge on any atom is 0.166 e. The van der Waals surface area contributed by atoms with Gasteiger partial charge in [-0.25, -0.2) is 0 Å². The molecule has 0 aromatic heterocycles. The lowest BCUT2D eigenvalue weighted by atomic mass is 10.3. The van der Waals surface area contributed by atoms with Crippen molar-refractivity contribution in [3.63, 3.8) is 0 Å². The maximum absolute atomic E-state index is 4.74. The van der Waals surface area contributed by atoms with Gasteiger partial charge < -0.3 is 4.89 Å². The molecule has 0 spiro atoms. The minimum absolute atomic E-state index is 0.662. The normalized spacial score (nSPS) is 9.40.